The molecular weight excluding hydrogens is 356 g/mol. The molecular formula is C19H22N8O. The summed E-state index contributed by atoms with van der Waals surface area (Å²) in [7, 11) is 1.95. The van der Waals surface area contributed by atoms with Gasteiger partial charge >= 0.3 is 0 Å². The first-order valence-electron chi connectivity index (χ1n) is 9.36. The second kappa shape index (κ2) is 6.45. The number of hydrogen-bond acceptors (Lipinski definition) is 6. The maximum atomic E-state index is 5.61. The van der Waals surface area contributed by atoms with E-state index in [2.05, 4.69) is 33.2 Å². The van der Waals surface area contributed by atoms with Crippen molar-refractivity contribution in [1.82, 2.24) is 34.6 Å². The lowest BCUT2D eigenvalue weighted by molar-refractivity contribution is 0.0984. The number of aromatic amines is 1. The van der Waals surface area contributed by atoms with Gasteiger partial charge in [-0.15, -0.1) is 5.10 Å². The monoisotopic (exact) mass is 378 g/mol. The van der Waals surface area contributed by atoms with E-state index in [4.69, 9.17) is 14.8 Å². The Morgan fingerprint density at radius 2 is 2.14 bits per heavy atom. The predicted octanol–water partition coefficient (Wildman–Crippen LogP) is 2.05. The second-order valence-electron chi connectivity index (χ2n) is 7.13. The molecule has 4 aromatic heterocycles. The van der Waals surface area contributed by atoms with Crippen LogP contribution in [0.2, 0.25) is 0 Å². The van der Waals surface area contributed by atoms with Crippen LogP contribution in [0.3, 0.4) is 0 Å². The van der Waals surface area contributed by atoms with Crippen molar-refractivity contribution in [1.29, 1.82) is 0 Å². The van der Waals surface area contributed by atoms with Crippen LogP contribution < -0.4 is 4.90 Å². The minimum absolute atomic E-state index is 0.248. The molecule has 5 heterocycles. The van der Waals surface area contributed by atoms with Gasteiger partial charge in [-0.1, -0.05) is 0 Å². The zero-order chi connectivity index (χ0) is 19.3. The number of hydrogen-bond donors (Lipinski definition) is 1. The van der Waals surface area contributed by atoms with Gasteiger partial charge in [0.15, 0.2) is 11.6 Å². The molecule has 1 fully saturated rings. The number of imidazole rings is 1. The average molecular weight is 378 g/mol. The summed E-state index contributed by atoms with van der Waals surface area (Å²) in [5.41, 5.74) is 4.79. The molecule has 1 aliphatic heterocycles. The molecule has 0 radical (unpaired) electrons. The number of fused-ring (bicyclic) bond motifs is 1. The molecule has 0 spiro atoms. The Balaban J connectivity index is 1.80. The molecule has 0 aliphatic carbocycles. The first-order valence-corrected chi connectivity index (χ1v) is 9.36. The molecule has 4 aromatic rings. The first kappa shape index (κ1) is 16.9. The Kier molecular flexibility index (Phi) is 3.90. The largest absolute Gasteiger partial charge is 0.377 e. The highest BCUT2D eigenvalue weighted by Gasteiger charge is 2.25. The van der Waals surface area contributed by atoms with Crippen molar-refractivity contribution in [3.8, 4) is 22.8 Å². The summed E-state index contributed by atoms with van der Waals surface area (Å²) < 4.78 is 9.41. The molecule has 0 amide bonds. The molecule has 0 bridgehead atoms. The van der Waals surface area contributed by atoms with E-state index in [9.17, 15) is 0 Å². The van der Waals surface area contributed by atoms with Crippen LogP contribution in [0.5, 0.6) is 0 Å². The highest BCUT2D eigenvalue weighted by atomic mass is 16.5. The molecule has 1 atom stereocenters. The third-order valence-electron chi connectivity index (χ3n) is 5.26. The van der Waals surface area contributed by atoms with Gasteiger partial charge in [-0.25, -0.2) is 9.50 Å². The van der Waals surface area contributed by atoms with Gasteiger partial charge in [0.05, 0.1) is 36.2 Å². The van der Waals surface area contributed by atoms with Crippen LogP contribution >= 0.6 is 0 Å². The molecule has 28 heavy (non-hydrogen) atoms. The van der Waals surface area contributed by atoms with Gasteiger partial charge < -0.3 is 9.64 Å². The summed E-state index contributed by atoms with van der Waals surface area (Å²) in [5.74, 6) is 1.65. The Morgan fingerprint density at radius 1 is 1.25 bits per heavy atom. The average Bonchev–Trinajstić information content (AvgIpc) is 3.42. The van der Waals surface area contributed by atoms with Gasteiger partial charge in [-0.05, 0) is 32.0 Å². The minimum Gasteiger partial charge on any atom is -0.377 e. The molecule has 9 nitrogen and oxygen atoms in total. The van der Waals surface area contributed by atoms with Crippen molar-refractivity contribution in [3.63, 3.8) is 0 Å². The van der Waals surface area contributed by atoms with Crippen molar-refractivity contribution in [2.75, 3.05) is 24.7 Å². The number of aromatic nitrogens is 7. The molecule has 0 aromatic carbocycles. The van der Waals surface area contributed by atoms with E-state index in [1.54, 1.807) is 6.20 Å². The number of ether oxygens (including phenoxy) is 1. The van der Waals surface area contributed by atoms with Gasteiger partial charge in [0.25, 0.3) is 0 Å². The van der Waals surface area contributed by atoms with E-state index < -0.39 is 0 Å². The van der Waals surface area contributed by atoms with Crippen LogP contribution in [0.15, 0.2) is 30.6 Å². The van der Waals surface area contributed by atoms with Crippen LogP contribution in [0.4, 0.5) is 5.82 Å². The van der Waals surface area contributed by atoms with Gasteiger partial charge in [-0.3, -0.25) is 9.78 Å². The Hall–Kier alpha value is -3.20. The lowest BCUT2D eigenvalue weighted by Gasteiger charge is -2.34. The Bertz CT molecular complexity index is 1130. The topological polar surface area (TPSA) is 89.2 Å². The summed E-state index contributed by atoms with van der Waals surface area (Å²) in [5, 5.41) is 16.4. The lowest BCUT2D eigenvalue weighted by atomic mass is 10.1. The molecule has 1 saturated heterocycles. The van der Waals surface area contributed by atoms with E-state index in [1.807, 2.05) is 41.5 Å². The normalized spacial score (nSPS) is 17.5. The summed E-state index contributed by atoms with van der Waals surface area (Å²) in [4.78, 5) is 7.08. The smallest absolute Gasteiger partial charge is 0.179 e. The lowest BCUT2D eigenvalue weighted by Crippen LogP contribution is -2.44. The Morgan fingerprint density at radius 3 is 2.86 bits per heavy atom. The maximum Gasteiger partial charge on any atom is 0.179 e. The third-order valence-corrected chi connectivity index (χ3v) is 5.26. The number of rotatable bonds is 3. The summed E-state index contributed by atoms with van der Waals surface area (Å²) >= 11 is 0. The number of H-pyrrole nitrogens is 1. The number of aryl methyl sites for hydroxylation is 2. The van der Waals surface area contributed by atoms with Crippen molar-refractivity contribution < 1.29 is 4.74 Å². The molecule has 1 unspecified atom stereocenters. The SMILES string of the molecule is Cc1nc(-c2ccn[nH]2)n2nc(N3CCOCC3C)cc(-c3ccnn3C)c12. The summed E-state index contributed by atoms with van der Waals surface area (Å²) in [6, 6.07) is 6.31. The van der Waals surface area contributed by atoms with Crippen molar-refractivity contribution in [3.05, 3.63) is 36.3 Å². The molecule has 144 valence electrons. The molecule has 1 N–H and O–H groups in total. The second-order valence-corrected chi connectivity index (χ2v) is 7.13. The maximum absolute atomic E-state index is 5.61. The zero-order valence-corrected chi connectivity index (χ0v) is 16.1. The first-order chi connectivity index (χ1) is 13.6. The van der Waals surface area contributed by atoms with Gasteiger partial charge in [0.1, 0.15) is 5.69 Å². The number of morpholine rings is 1. The highest BCUT2D eigenvalue weighted by Crippen LogP contribution is 2.33. The minimum atomic E-state index is 0.248. The van der Waals surface area contributed by atoms with E-state index >= 15 is 0 Å². The molecule has 1 aliphatic rings. The fourth-order valence-corrected chi connectivity index (χ4v) is 3.85. The summed E-state index contributed by atoms with van der Waals surface area (Å²) in [6.45, 7) is 6.35. The van der Waals surface area contributed by atoms with Gasteiger partial charge in [-0.2, -0.15) is 10.2 Å². The molecule has 9 heteroatoms. The fourth-order valence-electron chi connectivity index (χ4n) is 3.85. The number of nitrogens with zero attached hydrogens (tertiary/aromatic N) is 7. The van der Waals surface area contributed by atoms with Crippen LogP contribution in [-0.4, -0.2) is 60.4 Å². The van der Waals surface area contributed by atoms with Crippen molar-refractivity contribution in [2.45, 2.75) is 19.9 Å². The van der Waals surface area contributed by atoms with Crippen molar-refractivity contribution >= 4 is 11.3 Å². The predicted molar refractivity (Wildman–Crippen MR) is 105 cm³/mol. The molecule has 5 rings (SSSR count). The van der Waals surface area contributed by atoms with Crippen LogP contribution in [0.25, 0.3) is 28.3 Å². The van der Waals surface area contributed by atoms with E-state index in [0.717, 1.165) is 46.3 Å². The molecule has 0 saturated carbocycles. The van der Waals surface area contributed by atoms with E-state index in [-0.39, 0.29) is 6.04 Å². The van der Waals surface area contributed by atoms with Crippen molar-refractivity contribution in [2.24, 2.45) is 7.05 Å². The fraction of sp³-hybridized carbons (Fsp3) is 0.368. The van der Waals surface area contributed by atoms with Crippen LogP contribution in [-0.2, 0) is 11.8 Å². The van der Waals surface area contributed by atoms with E-state index in [1.165, 1.54) is 0 Å². The summed E-state index contributed by atoms with van der Waals surface area (Å²) in [6.07, 6.45) is 3.53. The number of anilines is 1. The Labute approximate surface area is 161 Å². The quantitative estimate of drug-likeness (QED) is 0.587. The standard InChI is InChI=1S/C19H22N8O/c1-12-11-28-9-8-26(12)17-10-14(16-5-7-21-25(16)3)18-13(2)22-19(27(18)24-17)15-4-6-20-23-15/h4-7,10,12H,8-9,11H2,1-3H3,(H,20,23). The highest BCUT2D eigenvalue weighted by molar-refractivity contribution is 5.83. The zero-order valence-electron chi connectivity index (χ0n) is 16.1. The van der Waals surface area contributed by atoms with Crippen LogP contribution in [0, 0.1) is 6.92 Å². The van der Waals surface area contributed by atoms with Gasteiger partial charge in [0.2, 0.25) is 0 Å². The third kappa shape index (κ3) is 2.58. The van der Waals surface area contributed by atoms with Gasteiger partial charge in [0, 0.05) is 31.5 Å². The number of nitrogens with one attached hydrogen (secondary N) is 1. The van der Waals surface area contributed by atoms with Crippen LogP contribution in [0.1, 0.15) is 12.6 Å². The van der Waals surface area contributed by atoms with E-state index in [0.29, 0.717) is 13.2 Å².